The first-order chi connectivity index (χ1) is 4.45. The van der Waals surface area contributed by atoms with Gasteiger partial charge in [-0.3, -0.25) is 0 Å². The van der Waals surface area contributed by atoms with Crippen LogP contribution in [0.4, 0.5) is 0 Å². The Bertz CT molecular complexity index is 137. The maximum Gasteiger partial charge on any atom is 1.00 e. The number of aliphatic hydroxyl groups is 2. The predicted molar refractivity (Wildman–Crippen MR) is 26.7 cm³/mol. The van der Waals surface area contributed by atoms with E-state index in [-0.39, 0.29) is 37.7 Å². The van der Waals surface area contributed by atoms with Gasteiger partial charge >= 0.3 is 37.7 Å². The average Bonchev–Trinajstić information content (AvgIpc) is 1.81. The zero-order valence-corrected chi connectivity index (χ0v) is 7.86. The second kappa shape index (κ2) is 8.81. The van der Waals surface area contributed by atoms with Crippen molar-refractivity contribution in [3.8, 4) is 0 Å². The first-order valence-corrected chi connectivity index (χ1v) is 3.87. The minimum absolute atomic E-state index is 0. The molecule has 0 aromatic rings. The summed E-state index contributed by atoms with van der Waals surface area (Å²) in [6, 6.07) is 0. The maximum atomic E-state index is 9.71. The molecule has 6 nitrogen and oxygen atoms in total. The Balaban J connectivity index is -0.000000405. The van der Waals surface area contributed by atoms with Gasteiger partial charge in [-0.05, 0) is 0 Å². The largest absolute Gasteiger partial charge is 1.00 e. The Morgan fingerprint density at radius 2 is 1.83 bits per heavy atom. The number of aliphatic hydroxyl groups excluding tert-OH is 2. The summed E-state index contributed by atoms with van der Waals surface area (Å²) in [5.74, 6) is 0. The second-order valence-corrected chi connectivity index (χ2v) is 2.73. The van der Waals surface area contributed by atoms with Crippen molar-refractivity contribution < 1.29 is 66.8 Å². The minimum Gasteiger partial charge on any atom is -0.790 e. The molecule has 9 heteroatoms. The van der Waals surface area contributed by atoms with Gasteiger partial charge in [-0.2, -0.15) is 0 Å². The molecular formula is C3H7Li2O6P. The van der Waals surface area contributed by atoms with Gasteiger partial charge in [0.05, 0.1) is 21.0 Å². The molecule has 1 atom stereocenters. The molecule has 0 bridgehead atoms. The summed E-state index contributed by atoms with van der Waals surface area (Å²) in [4.78, 5) is 19.4. The molecule has 0 aliphatic rings. The van der Waals surface area contributed by atoms with Crippen molar-refractivity contribution >= 4 is 7.82 Å². The van der Waals surface area contributed by atoms with E-state index in [4.69, 9.17) is 10.2 Å². The smallest absolute Gasteiger partial charge is 0.790 e. The summed E-state index contributed by atoms with van der Waals surface area (Å²) < 4.78 is 13.3. The minimum atomic E-state index is -5.00. The Morgan fingerprint density at radius 3 is 2.08 bits per heavy atom. The van der Waals surface area contributed by atoms with E-state index >= 15 is 0 Å². The first kappa shape index (κ1) is 18.9. The van der Waals surface area contributed by atoms with Gasteiger partial charge in [-0.1, -0.05) is 0 Å². The summed E-state index contributed by atoms with van der Waals surface area (Å²) in [7, 11) is -5.00. The van der Waals surface area contributed by atoms with Crippen molar-refractivity contribution in [3.63, 3.8) is 0 Å². The molecule has 0 amide bonds. The van der Waals surface area contributed by atoms with Crippen LogP contribution in [-0.2, 0) is 9.09 Å². The van der Waals surface area contributed by atoms with Crippen LogP contribution in [0.2, 0.25) is 0 Å². The van der Waals surface area contributed by atoms with Crippen LogP contribution in [-0.4, -0.2) is 29.5 Å². The molecule has 0 fully saturated rings. The Hall–Kier alpha value is 1.22. The van der Waals surface area contributed by atoms with Crippen molar-refractivity contribution in [3.05, 3.63) is 0 Å². The van der Waals surface area contributed by atoms with Gasteiger partial charge in [0.15, 0.2) is 0 Å². The fraction of sp³-hybridized carbons (Fsp3) is 1.00. The summed E-state index contributed by atoms with van der Waals surface area (Å²) in [6.07, 6.45) is -1.32. The van der Waals surface area contributed by atoms with Gasteiger partial charge in [-0.15, -0.1) is 0 Å². The molecule has 0 aromatic heterocycles. The van der Waals surface area contributed by atoms with Gasteiger partial charge in [0.1, 0.15) is 6.10 Å². The van der Waals surface area contributed by atoms with Gasteiger partial charge in [-0.25, -0.2) is 0 Å². The average molecular weight is 184 g/mol. The van der Waals surface area contributed by atoms with Gasteiger partial charge in [0.2, 0.25) is 0 Å². The molecule has 0 aliphatic carbocycles. The molecule has 0 heterocycles. The summed E-state index contributed by atoms with van der Waals surface area (Å²) in [5, 5.41) is 16.6. The van der Waals surface area contributed by atoms with E-state index in [2.05, 4.69) is 4.52 Å². The van der Waals surface area contributed by atoms with Crippen LogP contribution in [0.3, 0.4) is 0 Å². The normalized spacial score (nSPS) is 12.7. The van der Waals surface area contributed by atoms with E-state index in [0.29, 0.717) is 0 Å². The Morgan fingerprint density at radius 1 is 1.42 bits per heavy atom. The first-order valence-electron chi connectivity index (χ1n) is 2.41. The van der Waals surface area contributed by atoms with Crippen molar-refractivity contribution in [1.82, 2.24) is 0 Å². The van der Waals surface area contributed by atoms with Crippen LogP contribution < -0.4 is 47.5 Å². The number of phosphoric acid groups is 1. The van der Waals surface area contributed by atoms with Crippen LogP contribution >= 0.6 is 7.82 Å². The molecule has 1 unspecified atom stereocenters. The third-order valence-electron chi connectivity index (χ3n) is 0.636. The molecule has 0 saturated carbocycles. The van der Waals surface area contributed by atoms with E-state index in [1.54, 1.807) is 0 Å². The maximum absolute atomic E-state index is 9.71. The van der Waals surface area contributed by atoms with Crippen LogP contribution in [0, 0.1) is 0 Å². The topological polar surface area (TPSA) is 113 Å². The zero-order valence-electron chi connectivity index (χ0n) is 6.97. The fourth-order valence-corrected chi connectivity index (χ4v) is 0.585. The van der Waals surface area contributed by atoms with Gasteiger partial charge in [0, 0.05) is 0 Å². The van der Waals surface area contributed by atoms with Crippen LogP contribution in [0.25, 0.3) is 0 Å². The number of phosphoric ester groups is 1. The monoisotopic (exact) mass is 184 g/mol. The second-order valence-electron chi connectivity index (χ2n) is 1.58. The molecule has 0 radical (unpaired) electrons. The van der Waals surface area contributed by atoms with Crippen LogP contribution in [0.5, 0.6) is 0 Å². The molecule has 0 aromatic carbocycles. The van der Waals surface area contributed by atoms with E-state index in [0.717, 1.165) is 0 Å². The predicted octanol–water partition coefficient (Wildman–Crippen LogP) is -8.81. The standard InChI is InChI=1S/C3H9O6P.2Li/c4-1-3(5)2-9-10(6,7)8;;/h3-5H,1-2H2,(H2,6,7,8);;/q;2*+1/p-2. The third-order valence-corrected chi connectivity index (χ3v) is 1.10. The molecular weight excluding hydrogens is 177 g/mol. The van der Waals surface area contributed by atoms with Crippen molar-refractivity contribution in [2.45, 2.75) is 6.10 Å². The molecule has 12 heavy (non-hydrogen) atoms. The zero-order chi connectivity index (χ0) is 8.20. The molecule has 2 N–H and O–H groups in total. The summed E-state index contributed by atoms with van der Waals surface area (Å²) >= 11 is 0. The molecule has 0 spiro atoms. The summed E-state index contributed by atoms with van der Waals surface area (Å²) in [5.41, 5.74) is 0. The molecule has 62 valence electrons. The Kier molecular flexibility index (Phi) is 13.9. The molecule has 0 rings (SSSR count). The van der Waals surface area contributed by atoms with Gasteiger partial charge in [0.25, 0.3) is 0 Å². The number of hydrogen-bond donors (Lipinski definition) is 2. The van der Waals surface area contributed by atoms with Crippen molar-refractivity contribution in [2.24, 2.45) is 0 Å². The van der Waals surface area contributed by atoms with Crippen LogP contribution in [0.15, 0.2) is 0 Å². The quantitative estimate of drug-likeness (QED) is 0.331. The Labute approximate surface area is 93.9 Å². The van der Waals surface area contributed by atoms with E-state index < -0.39 is 27.1 Å². The van der Waals surface area contributed by atoms with E-state index in [9.17, 15) is 14.4 Å². The van der Waals surface area contributed by atoms with Crippen molar-refractivity contribution in [1.29, 1.82) is 0 Å². The summed E-state index contributed by atoms with van der Waals surface area (Å²) in [6.45, 7) is -1.33. The fourth-order valence-electron chi connectivity index (χ4n) is 0.230. The van der Waals surface area contributed by atoms with Crippen molar-refractivity contribution in [2.75, 3.05) is 13.2 Å². The molecule has 0 aliphatic heterocycles. The number of rotatable bonds is 4. The van der Waals surface area contributed by atoms with E-state index in [1.807, 2.05) is 0 Å². The van der Waals surface area contributed by atoms with Crippen LogP contribution in [0.1, 0.15) is 0 Å². The third kappa shape index (κ3) is 13.8. The molecule has 0 saturated heterocycles. The SMILES string of the molecule is O=P([O-])([O-])OCC(O)CO.[Li+].[Li+]. The number of hydrogen-bond acceptors (Lipinski definition) is 6. The van der Waals surface area contributed by atoms with E-state index in [1.165, 1.54) is 0 Å². The van der Waals surface area contributed by atoms with Gasteiger partial charge < -0.3 is 29.1 Å².